The molecule has 25 heavy (non-hydrogen) atoms. The van der Waals surface area contributed by atoms with E-state index in [9.17, 15) is 4.79 Å². The van der Waals surface area contributed by atoms with Gasteiger partial charge in [0.25, 0.3) is 0 Å². The van der Waals surface area contributed by atoms with Crippen LogP contribution in [-0.4, -0.2) is 23.8 Å². The van der Waals surface area contributed by atoms with Crippen LogP contribution >= 0.6 is 15.9 Å². The molecule has 1 aliphatic heterocycles. The van der Waals surface area contributed by atoms with Gasteiger partial charge in [0.15, 0.2) is 0 Å². The van der Waals surface area contributed by atoms with Crippen LogP contribution in [0, 0.1) is 5.92 Å². The molecule has 2 atom stereocenters. The lowest BCUT2D eigenvalue weighted by molar-refractivity contribution is -0.143. The fourth-order valence-electron chi connectivity index (χ4n) is 3.40. The zero-order chi connectivity index (χ0) is 18.0. The van der Waals surface area contributed by atoms with Crippen LogP contribution in [0.1, 0.15) is 30.9 Å². The van der Waals surface area contributed by atoms with Crippen molar-refractivity contribution in [1.82, 2.24) is 4.98 Å². The summed E-state index contributed by atoms with van der Waals surface area (Å²) in [6.45, 7) is 3.86. The highest BCUT2D eigenvalue weighted by molar-refractivity contribution is 9.10. The van der Waals surface area contributed by atoms with Crippen LogP contribution in [0.4, 0.5) is 0 Å². The zero-order valence-electron chi connectivity index (χ0n) is 14.4. The number of ether oxygens (including phenoxy) is 1. The minimum absolute atomic E-state index is 0.165. The number of hydrogen-bond acceptors (Lipinski definition) is 4. The normalized spacial score (nSPS) is 20.2. The molecule has 3 rings (SSSR count). The Kier molecular flexibility index (Phi) is 5.13. The van der Waals surface area contributed by atoms with E-state index in [1.54, 1.807) is 6.20 Å². The number of carbonyl (C=O) groups excluding carboxylic acids is 1. The second kappa shape index (κ2) is 7.31. The SMILES string of the molecule is COC(=O)C1C(C)=NC(C)=C(c2cccnc2)C1c1ccc(Br)cc1. The van der Waals surface area contributed by atoms with Gasteiger partial charge in [-0.2, -0.15) is 0 Å². The van der Waals surface area contributed by atoms with Gasteiger partial charge in [-0.15, -0.1) is 0 Å². The molecule has 0 saturated carbocycles. The van der Waals surface area contributed by atoms with Gasteiger partial charge in [0.1, 0.15) is 5.92 Å². The van der Waals surface area contributed by atoms with Crippen molar-refractivity contribution in [2.45, 2.75) is 19.8 Å². The van der Waals surface area contributed by atoms with Gasteiger partial charge < -0.3 is 4.74 Å². The number of carbonyl (C=O) groups is 1. The summed E-state index contributed by atoms with van der Waals surface area (Å²) in [6, 6.07) is 11.9. The molecule has 2 heterocycles. The first-order valence-electron chi connectivity index (χ1n) is 8.02. The van der Waals surface area contributed by atoms with E-state index in [1.165, 1.54) is 7.11 Å². The first-order chi connectivity index (χ1) is 12.0. The molecule has 5 heteroatoms. The summed E-state index contributed by atoms with van der Waals surface area (Å²) in [5, 5.41) is 0. The number of nitrogens with zero attached hydrogens (tertiary/aromatic N) is 2. The van der Waals surface area contributed by atoms with E-state index in [0.717, 1.165) is 32.6 Å². The highest BCUT2D eigenvalue weighted by Crippen LogP contribution is 2.44. The standard InChI is InChI=1S/C20H19BrN2O2/c1-12-17(15-5-4-10-22-11-15)19(14-6-8-16(21)9-7-14)18(13(2)23-12)20(24)25-3/h4-11,18-19H,1-3H3. The Morgan fingerprint density at radius 1 is 1.16 bits per heavy atom. The molecular formula is C20H19BrN2O2. The zero-order valence-corrected chi connectivity index (χ0v) is 15.9. The van der Waals surface area contributed by atoms with E-state index in [0.29, 0.717) is 0 Å². The summed E-state index contributed by atoms with van der Waals surface area (Å²) in [6.07, 6.45) is 3.55. The number of methoxy groups -OCH3 is 1. The fraction of sp³-hybridized carbons (Fsp3) is 0.250. The molecule has 0 spiro atoms. The largest absolute Gasteiger partial charge is 0.468 e. The van der Waals surface area contributed by atoms with Gasteiger partial charge in [-0.25, -0.2) is 0 Å². The Bertz CT molecular complexity index is 842. The maximum absolute atomic E-state index is 12.6. The van der Waals surface area contributed by atoms with E-state index in [4.69, 9.17) is 4.74 Å². The first kappa shape index (κ1) is 17.5. The smallest absolute Gasteiger partial charge is 0.315 e. The molecule has 1 aromatic carbocycles. The van der Waals surface area contributed by atoms with Crippen LogP contribution in [-0.2, 0) is 9.53 Å². The van der Waals surface area contributed by atoms with E-state index in [2.05, 4.69) is 25.9 Å². The molecule has 0 bridgehead atoms. The summed E-state index contributed by atoms with van der Waals surface area (Å²) in [5.41, 5.74) is 4.70. The van der Waals surface area contributed by atoms with Crippen molar-refractivity contribution < 1.29 is 9.53 Å². The third-order valence-electron chi connectivity index (χ3n) is 4.49. The Balaban J connectivity index is 2.22. The highest BCUT2D eigenvalue weighted by Gasteiger charge is 2.39. The molecule has 0 amide bonds. The van der Waals surface area contributed by atoms with Crippen molar-refractivity contribution in [3.8, 4) is 0 Å². The molecule has 0 aliphatic carbocycles. The molecule has 0 saturated heterocycles. The maximum Gasteiger partial charge on any atom is 0.315 e. The van der Waals surface area contributed by atoms with Gasteiger partial charge in [0.2, 0.25) is 0 Å². The van der Waals surface area contributed by atoms with Gasteiger partial charge in [-0.05, 0) is 48.7 Å². The number of rotatable bonds is 3. The number of aliphatic imine (C=N–C) groups is 1. The number of halogens is 1. The molecule has 128 valence electrons. The predicted octanol–water partition coefficient (Wildman–Crippen LogP) is 4.62. The van der Waals surface area contributed by atoms with Gasteiger partial charge in [0, 0.05) is 34.2 Å². The van der Waals surface area contributed by atoms with Crippen LogP contribution in [0.25, 0.3) is 5.57 Å². The van der Waals surface area contributed by atoms with E-state index in [-0.39, 0.29) is 11.9 Å². The average molecular weight is 399 g/mol. The molecule has 4 nitrogen and oxygen atoms in total. The number of allylic oxidation sites excluding steroid dienone is 2. The lowest BCUT2D eigenvalue weighted by Crippen LogP contribution is -2.33. The van der Waals surface area contributed by atoms with E-state index < -0.39 is 5.92 Å². The van der Waals surface area contributed by atoms with Crippen molar-refractivity contribution >= 4 is 33.2 Å². The maximum atomic E-state index is 12.6. The lowest BCUT2D eigenvalue weighted by Gasteiger charge is -2.32. The Morgan fingerprint density at radius 3 is 2.48 bits per heavy atom. The molecular weight excluding hydrogens is 380 g/mol. The first-order valence-corrected chi connectivity index (χ1v) is 8.82. The second-order valence-corrected chi connectivity index (χ2v) is 6.94. The molecule has 1 aliphatic rings. The third-order valence-corrected chi connectivity index (χ3v) is 5.01. The van der Waals surface area contributed by atoms with Crippen LogP contribution in [0.15, 0.2) is 64.0 Å². The average Bonchev–Trinajstić information content (AvgIpc) is 2.62. The molecule has 2 unspecified atom stereocenters. The Labute approximate surface area is 155 Å². The fourth-order valence-corrected chi connectivity index (χ4v) is 3.66. The third kappa shape index (κ3) is 3.42. The van der Waals surface area contributed by atoms with Crippen LogP contribution in [0.2, 0.25) is 0 Å². The minimum atomic E-state index is -0.454. The van der Waals surface area contributed by atoms with Crippen molar-refractivity contribution in [1.29, 1.82) is 0 Å². The van der Waals surface area contributed by atoms with Gasteiger partial charge in [-0.1, -0.05) is 34.1 Å². The highest BCUT2D eigenvalue weighted by atomic mass is 79.9. The number of esters is 1. The topological polar surface area (TPSA) is 51.5 Å². The molecule has 2 aromatic rings. The summed E-state index contributed by atoms with van der Waals surface area (Å²) in [7, 11) is 1.42. The number of benzene rings is 1. The van der Waals surface area contributed by atoms with Crippen molar-refractivity contribution in [3.05, 3.63) is 70.1 Å². The molecule has 1 aromatic heterocycles. The summed E-state index contributed by atoms with van der Waals surface area (Å²) in [4.78, 5) is 21.4. The quantitative estimate of drug-likeness (QED) is 0.708. The van der Waals surface area contributed by atoms with Crippen LogP contribution in [0.3, 0.4) is 0 Å². The van der Waals surface area contributed by atoms with Crippen molar-refractivity contribution in [3.63, 3.8) is 0 Å². The van der Waals surface area contributed by atoms with E-state index >= 15 is 0 Å². The van der Waals surface area contributed by atoms with Gasteiger partial charge in [-0.3, -0.25) is 14.8 Å². The molecule has 0 radical (unpaired) electrons. The Hall–Kier alpha value is -2.27. The summed E-state index contributed by atoms with van der Waals surface area (Å²) < 4.78 is 6.08. The Morgan fingerprint density at radius 2 is 1.88 bits per heavy atom. The summed E-state index contributed by atoms with van der Waals surface area (Å²) in [5.74, 6) is -0.893. The number of hydrogen-bond donors (Lipinski definition) is 0. The lowest BCUT2D eigenvalue weighted by atomic mass is 9.74. The summed E-state index contributed by atoms with van der Waals surface area (Å²) >= 11 is 3.47. The number of aromatic nitrogens is 1. The van der Waals surface area contributed by atoms with Gasteiger partial charge in [0.05, 0.1) is 7.11 Å². The van der Waals surface area contributed by atoms with Gasteiger partial charge >= 0.3 is 5.97 Å². The van der Waals surface area contributed by atoms with Crippen molar-refractivity contribution in [2.75, 3.05) is 7.11 Å². The van der Waals surface area contributed by atoms with Crippen molar-refractivity contribution in [2.24, 2.45) is 10.9 Å². The minimum Gasteiger partial charge on any atom is -0.468 e. The van der Waals surface area contributed by atoms with Crippen LogP contribution in [0.5, 0.6) is 0 Å². The van der Waals surface area contributed by atoms with Crippen LogP contribution < -0.4 is 0 Å². The van der Waals surface area contributed by atoms with E-state index in [1.807, 2.05) is 56.4 Å². The molecule has 0 fully saturated rings. The second-order valence-electron chi connectivity index (χ2n) is 6.02. The molecule has 0 N–H and O–H groups in total. The number of pyridine rings is 1. The monoisotopic (exact) mass is 398 g/mol. The predicted molar refractivity (Wildman–Crippen MR) is 102 cm³/mol.